The van der Waals surface area contributed by atoms with Crippen LogP contribution in [0.4, 0.5) is 5.69 Å². The van der Waals surface area contributed by atoms with Crippen LogP contribution in [0.2, 0.25) is 0 Å². The molecule has 0 spiro atoms. The van der Waals surface area contributed by atoms with E-state index in [-0.39, 0.29) is 5.91 Å². The number of methoxy groups -OCH3 is 6. The molecule has 0 radical (unpaired) electrons. The van der Waals surface area contributed by atoms with Crippen LogP contribution in [0.1, 0.15) is 16.7 Å². The van der Waals surface area contributed by atoms with E-state index >= 15 is 0 Å². The number of hydrogen-bond donors (Lipinski definition) is 1. The van der Waals surface area contributed by atoms with Crippen molar-refractivity contribution in [3.63, 3.8) is 0 Å². The van der Waals surface area contributed by atoms with Gasteiger partial charge in [0.25, 0.3) is 0 Å². The monoisotopic (exact) mass is 505 g/mol. The largest absolute Gasteiger partial charge is 0.493 e. The lowest BCUT2D eigenvalue weighted by Crippen LogP contribution is -2.07. The van der Waals surface area contributed by atoms with E-state index in [1.165, 1.54) is 13.2 Å². The zero-order chi connectivity index (χ0) is 26.8. The summed E-state index contributed by atoms with van der Waals surface area (Å²) in [6.07, 6.45) is 6.98. The molecular formula is C29H31NO7. The Labute approximate surface area is 217 Å². The van der Waals surface area contributed by atoms with Crippen LogP contribution in [0.5, 0.6) is 34.5 Å². The topological polar surface area (TPSA) is 84.5 Å². The molecule has 0 atom stereocenters. The summed E-state index contributed by atoms with van der Waals surface area (Å²) in [6, 6.07) is 14.7. The van der Waals surface area contributed by atoms with Crippen LogP contribution < -0.4 is 33.7 Å². The van der Waals surface area contributed by atoms with Crippen molar-refractivity contribution in [2.45, 2.75) is 0 Å². The molecule has 0 aromatic heterocycles. The maximum absolute atomic E-state index is 12.6. The molecule has 0 fully saturated rings. The molecule has 1 amide bonds. The lowest BCUT2D eigenvalue weighted by molar-refractivity contribution is -0.111. The Kier molecular flexibility index (Phi) is 9.43. The van der Waals surface area contributed by atoms with Crippen LogP contribution in [-0.2, 0) is 4.79 Å². The van der Waals surface area contributed by atoms with Crippen molar-refractivity contribution in [2.75, 3.05) is 48.0 Å². The van der Waals surface area contributed by atoms with Gasteiger partial charge >= 0.3 is 0 Å². The second kappa shape index (κ2) is 12.9. The quantitative estimate of drug-likeness (QED) is 0.270. The van der Waals surface area contributed by atoms with E-state index in [1.807, 2.05) is 48.6 Å². The van der Waals surface area contributed by atoms with Crippen LogP contribution in [0, 0.1) is 0 Å². The molecule has 0 aliphatic rings. The minimum absolute atomic E-state index is 0.278. The molecule has 0 saturated heterocycles. The number of nitrogens with one attached hydrogen (secondary N) is 1. The highest BCUT2D eigenvalue weighted by Gasteiger charge is 2.13. The van der Waals surface area contributed by atoms with Gasteiger partial charge in [0, 0.05) is 11.8 Å². The van der Waals surface area contributed by atoms with Crippen molar-refractivity contribution in [1.82, 2.24) is 0 Å². The van der Waals surface area contributed by atoms with E-state index in [1.54, 1.807) is 53.8 Å². The Bertz CT molecular complexity index is 1250. The fraction of sp³-hybridized carbons (Fsp3) is 0.207. The third-order valence-electron chi connectivity index (χ3n) is 5.42. The van der Waals surface area contributed by atoms with Crippen LogP contribution in [0.3, 0.4) is 0 Å². The van der Waals surface area contributed by atoms with Crippen molar-refractivity contribution in [3.05, 3.63) is 71.3 Å². The van der Waals surface area contributed by atoms with E-state index in [4.69, 9.17) is 28.4 Å². The molecule has 0 saturated carbocycles. The highest BCUT2D eigenvalue weighted by Crippen LogP contribution is 2.39. The lowest BCUT2D eigenvalue weighted by Gasteiger charge is -2.13. The first-order chi connectivity index (χ1) is 18.0. The minimum Gasteiger partial charge on any atom is -0.493 e. The Morgan fingerprint density at radius 2 is 1.05 bits per heavy atom. The first-order valence-corrected chi connectivity index (χ1v) is 11.3. The summed E-state index contributed by atoms with van der Waals surface area (Å²) >= 11 is 0. The summed E-state index contributed by atoms with van der Waals surface area (Å²) in [5.41, 5.74) is 3.16. The molecule has 3 aromatic carbocycles. The highest BCUT2D eigenvalue weighted by molar-refractivity contribution is 6.02. The predicted molar refractivity (Wildman–Crippen MR) is 145 cm³/mol. The van der Waals surface area contributed by atoms with Gasteiger partial charge in [-0.15, -0.1) is 0 Å². The first-order valence-electron chi connectivity index (χ1n) is 11.3. The smallest absolute Gasteiger partial charge is 0.248 e. The number of ether oxygens (including phenoxy) is 6. The number of carbonyl (C=O) groups excluding carboxylic acids is 1. The summed E-state index contributed by atoms with van der Waals surface area (Å²) in [5.74, 6) is 2.90. The van der Waals surface area contributed by atoms with Crippen molar-refractivity contribution in [3.8, 4) is 34.5 Å². The summed E-state index contributed by atoms with van der Waals surface area (Å²) in [5, 5.41) is 2.88. The average Bonchev–Trinajstić information content (AvgIpc) is 2.93. The van der Waals surface area contributed by atoms with Gasteiger partial charge in [0.15, 0.2) is 23.0 Å². The highest BCUT2D eigenvalue weighted by atomic mass is 16.5. The van der Waals surface area contributed by atoms with Crippen LogP contribution in [-0.4, -0.2) is 48.6 Å². The Balaban J connectivity index is 1.74. The van der Waals surface area contributed by atoms with E-state index in [0.29, 0.717) is 40.2 Å². The average molecular weight is 506 g/mol. The van der Waals surface area contributed by atoms with Crippen LogP contribution >= 0.6 is 0 Å². The Morgan fingerprint density at radius 1 is 0.595 bits per heavy atom. The van der Waals surface area contributed by atoms with E-state index in [9.17, 15) is 4.79 Å². The minimum atomic E-state index is -0.278. The van der Waals surface area contributed by atoms with Crippen molar-refractivity contribution < 1.29 is 33.2 Å². The second-order valence-corrected chi connectivity index (χ2v) is 7.70. The predicted octanol–water partition coefficient (Wildman–Crippen LogP) is 5.56. The standard InChI is InChI=1S/C29H31NO7/c1-32-23-15-20(16-24(33-2)28(23)36-5)11-10-19-8-7-9-22(14-19)30-27(31)13-12-21-17-25(34-3)29(37-6)26(18-21)35-4/h7-18H,1-6H3,(H,30,31)/b11-10+,13-12+. The van der Waals surface area contributed by atoms with Crippen molar-refractivity contribution in [1.29, 1.82) is 0 Å². The van der Waals surface area contributed by atoms with Crippen LogP contribution in [0.15, 0.2) is 54.6 Å². The van der Waals surface area contributed by atoms with Gasteiger partial charge in [-0.2, -0.15) is 0 Å². The van der Waals surface area contributed by atoms with Gasteiger partial charge in [0.1, 0.15) is 0 Å². The lowest BCUT2D eigenvalue weighted by atomic mass is 10.1. The van der Waals surface area contributed by atoms with E-state index < -0.39 is 0 Å². The third kappa shape index (κ3) is 6.76. The van der Waals surface area contributed by atoms with Gasteiger partial charge < -0.3 is 33.7 Å². The number of anilines is 1. The van der Waals surface area contributed by atoms with Gasteiger partial charge in [-0.1, -0.05) is 24.3 Å². The Morgan fingerprint density at radius 3 is 1.51 bits per heavy atom. The molecule has 3 rings (SSSR count). The van der Waals surface area contributed by atoms with Gasteiger partial charge in [0.05, 0.1) is 42.7 Å². The fourth-order valence-electron chi connectivity index (χ4n) is 3.66. The van der Waals surface area contributed by atoms with Gasteiger partial charge in [-0.25, -0.2) is 0 Å². The summed E-state index contributed by atoms with van der Waals surface area (Å²) in [6.45, 7) is 0. The van der Waals surface area contributed by atoms with E-state index in [0.717, 1.165) is 16.7 Å². The third-order valence-corrected chi connectivity index (χ3v) is 5.42. The molecule has 37 heavy (non-hydrogen) atoms. The van der Waals surface area contributed by atoms with Gasteiger partial charge in [-0.3, -0.25) is 4.79 Å². The Hall–Kier alpha value is -4.59. The van der Waals surface area contributed by atoms with Crippen molar-refractivity contribution in [2.24, 2.45) is 0 Å². The maximum Gasteiger partial charge on any atom is 0.248 e. The van der Waals surface area contributed by atoms with E-state index in [2.05, 4.69) is 5.32 Å². The second-order valence-electron chi connectivity index (χ2n) is 7.70. The molecule has 0 bridgehead atoms. The normalized spacial score (nSPS) is 10.9. The first kappa shape index (κ1) is 27.0. The van der Waals surface area contributed by atoms with Gasteiger partial charge in [0.2, 0.25) is 17.4 Å². The fourth-order valence-corrected chi connectivity index (χ4v) is 3.66. The summed E-state index contributed by atoms with van der Waals surface area (Å²) < 4.78 is 32.3. The molecule has 1 N–H and O–H groups in total. The molecule has 0 heterocycles. The molecule has 0 aliphatic carbocycles. The molecule has 194 valence electrons. The zero-order valence-electron chi connectivity index (χ0n) is 21.8. The molecular weight excluding hydrogens is 474 g/mol. The number of rotatable bonds is 11. The maximum atomic E-state index is 12.6. The molecule has 0 unspecified atom stereocenters. The molecule has 0 aliphatic heterocycles. The SMILES string of the molecule is COc1cc(/C=C/C(=O)Nc2cccc(/C=C/c3cc(OC)c(OC)c(OC)c3)c2)cc(OC)c1OC. The number of benzene rings is 3. The van der Waals surface area contributed by atoms with Crippen molar-refractivity contribution >= 4 is 29.8 Å². The number of amides is 1. The number of hydrogen-bond acceptors (Lipinski definition) is 7. The molecule has 8 nitrogen and oxygen atoms in total. The van der Waals surface area contributed by atoms with Gasteiger partial charge in [-0.05, 0) is 59.2 Å². The number of carbonyl (C=O) groups is 1. The zero-order valence-corrected chi connectivity index (χ0v) is 21.8. The molecule has 3 aromatic rings. The summed E-state index contributed by atoms with van der Waals surface area (Å²) in [4.78, 5) is 12.6. The van der Waals surface area contributed by atoms with Crippen LogP contribution in [0.25, 0.3) is 18.2 Å². The molecule has 8 heteroatoms. The summed E-state index contributed by atoms with van der Waals surface area (Å²) in [7, 11) is 9.34.